The summed E-state index contributed by atoms with van der Waals surface area (Å²) >= 11 is 0. The number of hydrogen-bond donors (Lipinski definition) is 1. The summed E-state index contributed by atoms with van der Waals surface area (Å²) in [6, 6.07) is 19.5. The van der Waals surface area contributed by atoms with Gasteiger partial charge in [-0.2, -0.15) is 10.2 Å². The molecule has 2 heterocycles. The Kier molecular flexibility index (Phi) is 4.30. The van der Waals surface area contributed by atoms with Crippen LogP contribution in [0, 0.1) is 13.8 Å². The number of amides is 1. The molecule has 0 aliphatic heterocycles. The Morgan fingerprint density at radius 2 is 1.56 bits per heavy atom. The van der Waals surface area contributed by atoms with Crippen molar-refractivity contribution >= 4 is 11.6 Å². The van der Waals surface area contributed by atoms with Crippen LogP contribution >= 0.6 is 0 Å². The first kappa shape index (κ1) is 16.8. The van der Waals surface area contributed by atoms with Gasteiger partial charge in [0.25, 0.3) is 5.91 Å². The van der Waals surface area contributed by atoms with Crippen LogP contribution in [-0.4, -0.2) is 25.5 Å². The number of aryl methyl sites for hydroxylation is 1. The van der Waals surface area contributed by atoms with Gasteiger partial charge >= 0.3 is 0 Å². The number of nitrogens with zero attached hydrogens (tertiary/aromatic N) is 4. The van der Waals surface area contributed by atoms with Crippen LogP contribution in [0.25, 0.3) is 11.4 Å². The lowest BCUT2D eigenvalue weighted by atomic mass is 10.2. The molecule has 0 saturated carbocycles. The Hall–Kier alpha value is -3.67. The average Bonchev–Trinajstić information content (AvgIpc) is 3.30. The summed E-state index contributed by atoms with van der Waals surface area (Å²) in [5.41, 5.74) is 4.71. The van der Waals surface area contributed by atoms with Crippen molar-refractivity contribution in [1.29, 1.82) is 0 Å². The average molecular weight is 357 g/mol. The first-order chi connectivity index (χ1) is 13.1. The van der Waals surface area contributed by atoms with E-state index < -0.39 is 0 Å². The molecule has 0 radical (unpaired) electrons. The summed E-state index contributed by atoms with van der Waals surface area (Å²) in [6.07, 6.45) is 3.28. The number of anilines is 1. The summed E-state index contributed by atoms with van der Waals surface area (Å²) in [6.45, 7) is 3.82. The van der Waals surface area contributed by atoms with Crippen molar-refractivity contribution in [3.8, 4) is 11.4 Å². The summed E-state index contributed by atoms with van der Waals surface area (Å²) in [5, 5.41) is 11.8. The van der Waals surface area contributed by atoms with Crippen LogP contribution in [0.1, 0.15) is 21.7 Å². The summed E-state index contributed by atoms with van der Waals surface area (Å²) in [4.78, 5) is 12.7. The smallest absolute Gasteiger partial charge is 0.258 e. The molecule has 0 aliphatic rings. The molecular weight excluding hydrogens is 338 g/mol. The molecule has 0 fully saturated rings. The maximum absolute atomic E-state index is 12.7. The van der Waals surface area contributed by atoms with Crippen LogP contribution in [0.3, 0.4) is 0 Å². The van der Waals surface area contributed by atoms with E-state index in [0.29, 0.717) is 5.56 Å². The molecule has 27 heavy (non-hydrogen) atoms. The fraction of sp³-hybridized carbons (Fsp3) is 0.0952. The predicted octanol–water partition coefficient (Wildman–Crippen LogP) is 3.93. The van der Waals surface area contributed by atoms with Gasteiger partial charge in [-0.1, -0.05) is 36.4 Å². The number of carbonyl (C=O) groups excluding carboxylic acids is 1. The molecule has 1 amide bonds. The molecule has 1 N–H and O–H groups in total. The largest absolute Gasteiger partial charge is 0.319 e. The van der Waals surface area contributed by atoms with E-state index in [2.05, 4.69) is 15.5 Å². The fourth-order valence-corrected chi connectivity index (χ4v) is 2.99. The highest BCUT2D eigenvalue weighted by Crippen LogP contribution is 2.23. The maximum Gasteiger partial charge on any atom is 0.258 e. The van der Waals surface area contributed by atoms with Crippen LogP contribution in [0.15, 0.2) is 73.1 Å². The number of hydrogen-bond acceptors (Lipinski definition) is 3. The van der Waals surface area contributed by atoms with Crippen molar-refractivity contribution in [2.45, 2.75) is 13.8 Å². The number of carbonyl (C=O) groups is 1. The number of para-hydroxylation sites is 2. The lowest BCUT2D eigenvalue weighted by molar-refractivity contribution is 0.102. The molecule has 0 atom stereocenters. The molecule has 0 bridgehead atoms. The van der Waals surface area contributed by atoms with E-state index in [1.165, 1.54) is 0 Å². The highest BCUT2D eigenvalue weighted by atomic mass is 16.1. The van der Waals surface area contributed by atoms with E-state index in [-0.39, 0.29) is 5.91 Å². The molecule has 0 saturated heterocycles. The highest BCUT2D eigenvalue weighted by Gasteiger charge is 2.17. The fourth-order valence-electron chi connectivity index (χ4n) is 2.99. The SMILES string of the molecule is Cc1nn(-c2ccccc2)c(C)c1NC(=O)c1cnn(-c2ccccc2)c1. The number of benzene rings is 2. The van der Waals surface area contributed by atoms with Gasteiger partial charge in [0.15, 0.2) is 0 Å². The van der Waals surface area contributed by atoms with Crippen LogP contribution in [0.2, 0.25) is 0 Å². The second-order valence-corrected chi connectivity index (χ2v) is 6.26. The van der Waals surface area contributed by atoms with E-state index in [4.69, 9.17) is 0 Å². The summed E-state index contributed by atoms with van der Waals surface area (Å²) < 4.78 is 3.51. The van der Waals surface area contributed by atoms with Gasteiger partial charge in [-0.05, 0) is 38.1 Å². The number of rotatable bonds is 4. The van der Waals surface area contributed by atoms with Crippen molar-refractivity contribution in [3.63, 3.8) is 0 Å². The summed E-state index contributed by atoms with van der Waals surface area (Å²) in [7, 11) is 0. The minimum absolute atomic E-state index is 0.212. The normalized spacial score (nSPS) is 10.7. The summed E-state index contributed by atoms with van der Waals surface area (Å²) in [5.74, 6) is -0.212. The third kappa shape index (κ3) is 3.25. The Balaban J connectivity index is 1.59. The van der Waals surface area contributed by atoms with Gasteiger partial charge in [0.1, 0.15) is 0 Å². The predicted molar refractivity (Wildman–Crippen MR) is 105 cm³/mol. The van der Waals surface area contributed by atoms with Gasteiger partial charge in [0, 0.05) is 6.20 Å². The van der Waals surface area contributed by atoms with Crippen molar-refractivity contribution in [3.05, 3.63) is 90.0 Å². The molecule has 2 aromatic heterocycles. The van der Waals surface area contributed by atoms with Gasteiger partial charge in [-0.25, -0.2) is 9.36 Å². The standard InChI is InChI=1S/C21H19N5O/c1-15-20(16(2)26(24-15)19-11-7-4-8-12-19)23-21(27)17-13-22-25(14-17)18-9-5-3-6-10-18/h3-14H,1-2H3,(H,23,27). The molecular formula is C21H19N5O. The molecule has 6 heteroatoms. The lowest BCUT2D eigenvalue weighted by Gasteiger charge is -2.06. The Morgan fingerprint density at radius 3 is 2.22 bits per heavy atom. The molecule has 134 valence electrons. The molecule has 0 aliphatic carbocycles. The van der Waals surface area contributed by atoms with Gasteiger partial charge in [-0.15, -0.1) is 0 Å². The molecule has 4 aromatic rings. The van der Waals surface area contributed by atoms with Gasteiger partial charge < -0.3 is 5.32 Å². The van der Waals surface area contributed by atoms with Crippen LogP contribution < -0.4 is 5.32 Å². The van der Waals surface area contributed by atoms with E-state index >= 15 is 0 Å². The van der Waals surface area contributed by atoms with Crippen molar-refractivity contribution in [2.24, 2.45) is 0 Å². The first-order valence-electron chi connectivity index (χ1n) is 8.66. The van der Waals surface area contributed by atoms with Crippen molar-refractivity contribution in [1.82, 2.24) is 19.6 Å². The minimum atomic E-state index is -0.212. The third-order valence-electron chi connectivity index (χ3n) is 4.40. The lowest BCUT2D eigenvalue weighted by Crippen LogP contribution is -2.12. The quantitative estimate of drug-likeness (QED) is 0.602. The van der Waals surface area contributed by atoms with Crippen molar-refractivity contribution in [2.75, 3.05) is 5.32 Å². The minimum Gasteiger partial charge on any atom is -0.319 e. The van der Waals surface area contributed by atoms with Crippen LogP contribution in [-0.2, 0) is 0 Å². The van der Waals surface area contributed by atoms with Crippen LogP contribution in [0.5, 0.6) is 0 Å². The van der Waals surface area contributed by atoms with E-state index in [1.807, 2.05) is 79.2 Å². The van der Waals surface area contributed by atoms with Crippen LogP contribution in [0.4, 0.5) is 5.69 Å². The Morgan fingerprint density at radius 1 is 0.926 bits per heavy atom. The molecule has 2 aromatic carbocycles. The third-order valence-corrected chi connectivity index (χ3v) is 4.40. The zero-order valence-corrected chi connectivity index (χ0v) is 15.1. The second-order valence-electron chi connectivity index (χ2n) is 6.26. The van der Waals surface area contributed by atoms with Crippen molar-refractivity contribution < 1.29 is 4.79 Å². The highest BCUT2D eigenvalue weighted by molar-refractivity contribution is 6.04. The zero-order valence-electron chi connectivity index (χ0n) is 15.1. The van der Waals surface area contributed by atoms with E-state index in [1.54, 1.807) is 17.1 Å². The number of nitrogens with one attached hydrogen (secondary N) is 1. The molecule has 6 nitrogen and oxygen atoms in total. The van der Waals surface area contributed by atoms with E-state index in [9.17, 15) is 4.79 Å². The Bertz CT molecular complexity index is 1080. The monoisotopic (exact) mass is 357 g/mol. The van der Waals surface area contributed by atoms with Gasteiger partial charge in [0.05, 0.1) is 40.2 Å². The topological polar surface area (TPSA) is 64.7 Å². The second kappa shape index (κ2) is 6.92. The molecule has 0 unspecified atom stereocenters. The molecule has 0 spiro atoms. The zero-order chi connectivity index (χ0) is 18.8. The molecule has 4 rings (SSSR count). The van der Waals surface area contributed by atoms with Gasteiger partial charge in [-0.3, -0.25) is 4.79 Å². The van der Waals surface area contributed by atoms with E-state index in [0.717, 1.165) is 28.5 Å². The Labute approximate surface area is 157 Å². The van der Waals surface area contributed by atoms with Gasteiger partial charge in [0.2, 0.25) is 0 Å². The maximum atomic E-state index is 12.7. The first-order valence-corrected chi connectivity index (χ1v) is 8.66. The number of aromatic nitrogens is 4.